The highest BCUT2D eigenvalue weighted by molar-refractivity contribution is 7.89. The van der Waals surface area contributed by atoms with Crippen molar-refractivity contribution in [2.24, 2.45) is 0 Å². The highest BCUT2D eigenvalue weighted by Gasteiger charge is 2.23. The number of benzene rings is 2. The van der Waals surface area contributed by atoms with E-state index in [-0.39, 0.29) is 18.0 Å². The number of hydrogen-bond acceptors (Lipinski definition) is 4. The Balaban J connectivity index is 2.26. The summed E-state index contributed by atoms with van der Waals surface area (Å²) in [6.45, 7) is 4.01. The number of esters is 1. The minimum atomic E-state index is -3.62. The minimum Gasteiger partial charge on any atom is -0.465 e. The van der Waals surface area contributed by atoms with Crippen LogP contribution in [0.4, 0.5) is 0 Å². The molecule has 0 heterocycles. The van der Waals surface area contributed by atoms with Gasteiger partial charge in [-0.25, -0.2) is 13.2 Å². The third kappa shape index (κ3) is 4.10. The van der Waals surface area contributed by atoms with Crippen molar-refractivity contribution in [1.82, 2.24) is 4.31 Å². The van der Waals surface area contributed by atoms with Gasteiger partial charge < -0.3 is 4.74 Å². The van der Waals surface area contributed by atoms with E-state index in [1.807, 2.05) is 0 Å². The van der Waals surface area contributed by atoms with E-state index in [0.29, 0.717) is 5.56 Å². The topological polar surface area (TPSA) is 63.7 Å². The van der Waals surface area contributed by atoms with Crippen molar-refractivity contribution in [3.8, 4) is 0 Å². The van der Waals surface area contributed by atoms with Gasteiger partial charge >= 0.3 is 5.97 Å². The van der Waals surface area contributed by atoms with Crippen LogP contribution in [0.5, 0.6) is 0 Å². The lowest BCUT2D eigenvalue weighted by Gasteiger charge is -2.21. The number of sulfonamides is 1. The van der Waals surface area contributed by atoms with Crippen molar-refractivity contribution in [2.45, 2.75) is 11.4 Å². The van der Waals surface area contributed by atoms with Gasteiger partial charge in [0.2, 0.25) is 10.0 Å². The van der Waals surface area contributed by atoms with Gasteiger partial charge in [-0.3, -0.25) is 0 Å². The molecule has 0 aliphatic rings. The minimum absolute atomic E-state index is 0.185. The summed E-state index contributed by atoms with van der Waals surface area (Å²) in [5.41, 5.74) is 1.19. The first-order chi connectivity index (χ1) is 11.5. The van der Waals surface area contributed by atoms with E-state index in [0.717, 1.165) is 5.56 Å². The molecule has 0 unspecified atom stereocenters. The van der Waals surface area contributed by atoms with Gasteiger partial charge in [0.15, 0.2) is 0 Å². The Labute approximate surface area is 142 Å². The second-order valence-corrected chi connectivity index (χ2v) is 7.03. The Kier molecular flexibility index (Phi) is 5.89. The molecule has 0 amide bonds. The summed E-state index contributed by atoms with van der Waals surface area (Å²) in [5.74, 6) is -0.429. The summed E-state index contributed by atoms with van der Waals surface area (Å²) >= 11 is 0. The van der Waals surface area contributed by atoms with Crippen LogP contribution in [0.25, 0.3) is 0 Å². The lowest BCUT2D eigenvalue weighted by molar-refractivity contribution is 0.0600. The summed E-state index contributed by atoms with van der Waals surface area (Å²) in [4.78, 5) is 11.7. The standard InChI is InChI=1S/C18H19NO4S/c1-3-13-19(24(21,22)17-7-5-4-6-8-17)14-15-9-11-16(12-10-15)18(20)23-2/h3-12H,1,13-14H2,2H3. The van der Waals surface area contributed by atoms with Crippen molar-refractivity contribution < 1.29 is 17.9 Å². The fourth-order valence-corrected chi connectivity index (χ4v) is 3.62. The number of hydrogen-bond donors (Lipinski definition) is 0. The van der Waals surface area contributed by atoms with Gasteiger partial charge in [0.25, 0.3) is 0 Å². The average Bonchev–Trinajstić information content (AvgIpc) is 2.62. The number of ether oxygens (including phenoxy) is 1. The quantitative estimate of drug-likeness (QED) is 0.572. The zero-order valence-corrected chi connectivity index (χ0v) is 14.2. The van der Waals surface area contributed by atoms with E-state index < -0.39 is 16.0 Å². The van der Waals surface area contributed by atoms with Gasteiger partial charge in [-0.1, -0.05) is 36.4 Å². The smallest absolute Gasteiger partial charge is 0.337 e. The molecule has 0 bridgehead atoms. The lowest BCUT2D eigenvalue weighted by atomic mass is 10.1. The third-order valence-corrected chi connectivity index (χ3v) is 5.27. The number of methoxy groups -OCH3 is 1. The molecule has 126 valence electrons. The van der Waals surface area contributed by atoms with E-state index in [2.05, 4.69) is 11.3 Å². The highest BCUT2D eigenvalue weighted by Crippen LogP contribution is 2.18. The first-order valence-electron chi connectivity index (χ1n) is 7.32. The molecule has 24 heavy (non-hydrogen) atoms. The molecular weight excluding hydrogens is 326 g/mol. The molecule has 6 heteroatoms. The fraction of sp³-hybridized carbons (Fsp3) is 0.167. The van der Waals surface area contributed by atoms with Crippen LogP contribution in [-0.2, 0) is 21.3 Å². The monoisotopic (exact) mass is 345 g/mol. The summed E-state index contributed by atoms with van der Waals surface area (Å²) in [5, 5.41) is 0. The third-order valence-electron chi connectivity index (χ3n) is 3.45. The summed E-state index contributed by atoms with van der Waals surface area (Å²) < 4.78 is 31.5. The molecular formula is C18H19NO4S. The molecule has 0 saturated heterocycles. The van der Waals surface area contributed by atoms with Crippen LogP contribution in [0.3, 0.4) is 0 Å². The molecule has 0 saturated carbocycles. The largest absolute Gasteiger partial charge is 0.465 e. The van der Waals surface area contributed by atoms with E-state index >= 15 is 0 Å². The Morgan fingerprint density at radius 1 is 1.12 bits per heavy atom. The van der Waals surface area contributed by atoms with Crippen LogP contribution in [0.2, 0.25) is 0 Å². The Morgan fingerprint density at radius 3 is 2.29 bits per heavy atom. The van der Waals surface area contributed by atoms with Crippen LogP contribution < -0.4 is 0 Å². The molecule has 2 aromatic carbocycles. The highest BCUT2D eigenvalue weighted by atomic mass is 32.2. The van der Waals surface area contributed by atoms with Gasteiger partial charge in [0, 0.05) is 13.1 Å². The van der Waals surface area contributed by atoms with Crippen LogP contribution >= 0.6 is 0 Å². The van der Waals surface area contributed by atoms with Gasteiger partial charge in [0.1, 0.15) is 0 Å². The molecule has 2 aromatic rings. The predicted octanol–water partition coefficient (Wildman–Crippen LogP) is 2.85. The molecule has 5 nitrogen and oxygen atoms in total. The van der Waals surface area contributed by atoms with E-state index in [1.54, 1.807) is 60.7 Å². The fourth-order valence-electron chi connectivity index (χ4n) is 2.20. The van der Waals surface area contributed by atoms with Crippen LogP contribution in [0, 0.1) is 0 Å². The van der Waals surface area contributed by atoms with Gasteiger partial charge in [-0.2, -0.15) is 4.31 Å². The summed E-state index contributed by atoms with van der Waals surface area (Å²) in [6, 6.07) is 14.9. The average molecular weight is 345 g/mol. The molecule has 0 fully saturated rings. The first kappa shape index (κ1) is 17.9. The maximum Gasteiger partial charge on any atom is 0.337 e. The normalized spacial score (nSPS) is 11.2. The number of nitrogens with zero attached hydrogens (tertiary/aromatic N) is 1. The molecule has 0 spiro atoms. The number of carbonyl (C=O) groups excluding carboxylic acids is 1. The van der Waals surface area contributed by atoms with Crippen molar-refractivity contribution >= 4 is 16.0 Å². The molecule has 0 atom stereocenters. The van der Waals surface area contributed by atoms with Crippen molar-refractivity contribution in [2.75, 3.05) is 13.7 Å². The molecule has 0 aromatic heterocycles. The summed E-state index contributed by atoms with van der Waals surface area (Å²) in [7, 11) is -2.31. The lowest BCUT2D eigenvalue weighted by Crippen LogP contribution is -2.30. The van der Waals surface area contributed by atoms with Gasteiger partial charge in [-0.05, 0) is 29.8 Å². The second kappa shape index (κ2) is 7.90. The Morgan fingerprint density at radius 2 is 1.75 bits per heavy atom. The maximum atomic E-state index is 12.8. The van der Waals surface area contributed by atoms with Crippen molar-refractivity contribution in [3.05, 3.63) is 78.4 Å². The van der Waals surface area contributed by atoms with E-state index in [4.69, 9.17) is 0 Å². The SMILES string of the molecule is C=CCN(Cc1ccc(C(=O)OC)cc1)S(=O)(=O)c1ccccc1. The molecule has 0 N–H and O–H groups in total. The van der Waals surface area contributed by atoms with Crippen molar-refractivity contribution in [3.63, 3.8) is 0 Å². The molecule has 0 radical (unpaired) electrons. The molecule has 0 aliphatic carbocycles. The van der Waals surface area contributed by atoms with Crippen LogP contribution in [0.15, 0.2) is 72.1 Å². The van der Waals surface area contributed by atoms with Gasteiger partial charge in [-0.15, -0.1) is 6.58 Å². The van der Waals surface area contributed by atoms with E-state index in [9.17, 15) is 13.2 Å². The zero-order valence-electron chi connectivity index (χ0n) is 13.4. The predicted molar refractivity (Wildman–Crippen MR) is 92.0 cm³/mol. The second-order valence-electron chi connectivity index (χ2n) is 5.09. The molecule has 0 aliphatic heterocycles. The summed E-state index contributed by atoms with van der Waals surface area (Å²) in [6.07, 6.45) is 1.54. The van der Waals surface area contributed by atoms with E-state index in [1.165, 1.54) is 11.4 Å². The molecule has 2 rings (SSSR count). The number of carbonyl (C=O) groups is 1. The Hall–Kier alpha value is -2.44. The van der Waals surface area contributed by atoms with Crippen LogP contribution in [0.1, 0.15) is 15.9 Å². The zero-order chi connectivity index (χ0) is 17.6. The van der Waals surface area contributed by atoms with Gasteiger partial charge in [0.05, 0.1) is 17.6 Å². The van der Waals surface area contributed by atoms with Crippen LogP contribution in [-0.4, -0.2) is 32.3 Å². The number of rotatable bonds is 7. The van der Waals surface area contributed by atoms with Crippen molar-refractivity contribution in [1.29, 1.82) is 0 Å². The maximum absolute atomic E-state index is 12.8. The first-order valence-corrected chi connectivity index (χ1v) is 8.76. The Bertz CT molecular complexity index is 799.